The molecule has 1 amide bonds. The lowest BCUT2D eigenvalue weighted by Gasteiger charge is -2.13. The van der Waals surface area contributed by atoms with E-state index < -0.39 is 6.10 Å². The van der Waals surface area contributed by atoms with Gasteiger partial charge >= 0.3 is 0 Å². The van der Waals surface area contributed by atoms with Gasteiger partial charge in [-0.15, -0.1) is 0 Å². The molecule has 4 nitrogen and oxygen atoms in total. The number of nitrogens with one attached hydrogen (secondary N) is 1. The van der Waals surface area contributed by atoms with Crippen LogP contribution in [0.3, 0.4) is 0 Å². The molecule has 1 aromatic rings. The van der Waals surface area contributed by atoms with Crippen molar-refractivity contribution in [3.63, 3.8) is 0 Å². The summed E-state index contributed by atoms with van der Waals surface area (Å²) in [6, 6.07) is 6.88. The molecule has 3 N–H and O–H groups in total. The Morgan fingerprint density at radius 2 is 2.13 bits per heavy atom. The Labute approximate surface area is 88.6 Å². The quantitative estimate of drug-likeness (QED) is 0.694. The molecular formula is C11H15NO3. The number of amides is 1. The van der Waals surface area contributed by atoms with Gasteiger partial charge in [-0.05, 0) is 6.07 Å². The van der Waals surface area contributed by atoms with Gasteiger partial charge in [0.1, 0.15) is 6.10 Å². The molecule has 0 fully saturated rings. The predicted molar refractivity (Wildman–Crippen MR) is 57.4 cm³/mol. The second-order valence-electron chi connectivity index (χ2n) is 3.19. The molecule has 0 aromatic heterocycles. The molecular weight excluding hydrogens is 194 g/mol. The van der Waals surface area contributed by atoms with Gasteiger partial charge < -0.3 is 15.5 Å². The lowest BCUT2D eigenvalue weighted by atomic mass is 10.1. The zero-order valence-electron chi connectivity index (χ0n) is 8.60. The van der Waals surface area contributed by atoms with E-state index in [1.54, 1.807) is 31.2 Å². The van der Waals surface area contributed by atoms with E-state index in [1.807, 2.05) is 0 Å². The molecule has 15 heavy (non-hydrogen) atoms. The predicted octanol–water partition coefficient (Wildman–Crippen LogP) is 1.06. The summed E-state index contributed by atoms with van der Waals surface area (Å²) in [5, 5.41) is 21.0. The molecule has 0 saturated heterocycles. The van der Waals surface area contributed by atoms with E-state index in [-0.39, 0.29) is 12.5 Å². The first-order valence-electron chi connectivity index (χ1n) is 4.86. The van der Waals surface area contributed by atoms with Crippen LogP contribution >= 0.6 is 0 Å². The number of hydrogen-bond acceptors (Lipinski definition) is 3. The summed E-state index contributed by atoms with van der Waals surface area (Å²) in [4.78, 5) is 11.2. The van der Waals surface area contributed by atoms with Crippen molar-refractivity contribution in [2.75, 3.05) is 11.9 Å². The summed E-state index contributed by atoms with van der Waals surface area (Å²) in [6.45, 7) is 1.39. The maximum atomic E-state index is 11.2. The summed E-state index contributed by atoms with van der Waals surface area (Å²) in [5.41, 5.74) is 1.08. The van der Waals surface area contributed by atoms with E-state index in [0.29, 0.717) is 17.7 Å². The van der Waals surface area contributed by atoms with Crippen LogP contribution in [0, 0.1) is 0 Å². The Kier molecular flexibility index (Phi) is 4.27. The Bertz CT molecular complexity index is 338. The smallest absolute Gasteiger partial charge is 0.224 e. The van der Waals surface area contributed by atoms with Crippen molar-refractivity contribution in [3.8, 4) is 0 Å². The average Bonchev–Trinajstić information content (AvgIpc) is 2.28. The first-order chi connectivity index (χ1) is 7.19. The molecule has 1 aromatic carbocycles. The minimum atomic E-state index is -0.960. The third-order valence-corrected chi connectivity index (χ3v) is 2.09. The van der Waals surface area contributed by atoms with Crippen LogP contribution in [0.1, 0.15) is 25.0 Å². The lowest BCUT2D eigenvalue weighted by molar-refractivity contribution is -0.115. The maximum Gasteiger partial charge on any atom is 0.224 e. The summed E-state index contributed by atoms with van der Waals surface area (Å²) in [6.07, 6.45) is -0.581. The summed E-state index contributed by atoms with van der Waals surface area (Å²) >= 11 is 0. The van der Waals surface area contributed by atoms with Crippen molar-refractivity contribution in [1.82, 2.24) is 0 Å². The van der Waals surface area contributed by atoms with Gasteiger partial charge in [0.15, 0.2) is 0 Å². The zero-order valence-corrected chi connectivity index (χ0v) is 8.60. The SMILES string of the molecule is CCC(=O)Nc1ccccc1C(O)CO. The van der Waals surface area contributed by atoms with Crippen molar-refractivity contribution in [2.24, 2.45) is 0 Å². The molecule has 4 heteroatoms. The Morgan fingerprint density at radius 1 is 1.47 bits per heavy atom. The molecule has 0 saturated carbocycles. The van der Waals surface area contributed by atoms with Crippen molar-refractivity contribution < 1.29 is 15.0 Å². The van der Waals surface area contributed by atoms with Crippen molar-refractivity contribution in [1.29, 1.82) is 0 Å². The normalized spacial score (nSPS) is 12.2. The molecule has 1 unspecified atom stereocenters. The van der Waals surface area contributed by atoms with Gasteiger partial charge in [-0.25, -0.2) is 0 Å². The fourth-order valence-corrected chi connectivity index (χ4v) is 1.24. The van der Waals surface area contributed by atoms with Crippen LogP contribution < -0.4 is 5.32 Å². The molecule has 0 aliphatic rings. The number of benzene rings is 1. The van der Waals surface area contributed by atoms with Crippen LogP contribution in [-0.2, 0) is 4.79 Å². The second-order valence-corrected chi connectivity index (χ2v) is 3.19. The van der Waals surface area contributed by atoms with Crippen LogP contribution in [0.25, 0.3) is 0 Å². The molecule has 1 atom stereocenters. The highest BCUT2D eigenvalue weighted by atomic mass is 16.3. The number of para-hydroxylation sites is 1. The number of aliphatic hydroxyl groups is 2. The number of rotatable bonds is 4. The first-order valence-corrected chi connectivity index (χ1v) is 4.86. The van der Waals surface area contributed by atoms with Gasteiger partial charge in [-0.1, -0.05) is 25.1 Å². The van der Waals surface area contributed by atoms with Crippen LogP contribution in [0.15, 0.2) is 24.3 Å². The van der Waals surface area contributed by atoms with Crippen LogP contribution in [-0.4, -0.2) is 22.7 Å². The molecule has 0 heterocycles. The molecule has 0 aliphatic heterocycles. The number of carbonyl (C=O) groups excluding carboxylic acids is 1. The van der Waals surface area contributed by atoms with E-state index in [4.69, 9.17) is 5.11 Å². The summed E-state index contributed by atoms with van der Waals surface area (Å²) < 4.78 is 0. The molecule has 0 radical (unpaired) electrons. The standard InChI is InChI=1S/C11H15NO3/c1-2-11(15)12-9-6-4-3-5-8(9)10(14)7-13/h3-6,10,13-14H,2,7H2,1H3,(H,12,15). The molecule has 82 valence electrons. The lowest BCUT2D eigenvalue weighted by Crippen LogP contribution is -2.13. The van der Waals surface area contributed by atoms with Crippen LogP contribution in [0.5, 0.6) is 0 Å². The minimum Gasteiger partial charge on any atom is -0.393 e. The number of anilines is 1. The third-order valence-electron chi connectivity index (χ3n) is 2.09. The van der Waals surface area contributed by atoms with Crippen molar-refractivity contribution in [3.05, 3.63) is 29.8 Å². The van der Waals surface area contributed by atoms with E-state index >= 15 is 0 Å². The van der Waals surface area contributed by atoms with Gasteiger partial charge in [-0.2, -0.15) is 0 Å². The van der Waals surface area contributed by atoms with Crippen molar-refractivity contribution >= 4 is 11.6 Å². The minimum absolute atomic E-state index is 0.118. The number of hydrogen-bond donors (Lipinski definition) is 3. The van der Waals surface area contributed by atoms with E-state index in [1.165, 1.54) is 0 Å². The Hall–Kier alpha value is -1.39. The van der Waals surface area contributed by atoms with E-state index in [9.17, 15) is 9.90 Å². The summed E-state index contributed by atoms with van der Waals surface area (Å²) in [7, 11) is 0. The molecule has 1 rings (SSSR count). The Morgan fingerprint density at radius 3 is 2.73 bits per heavy atom. The largest absolute Gasteiger partial charge is 0.393 e. The van der Waals surface area contributed by atoms with Crippen LogP contribution in [0.4, 0.5) is 5.69 Å². The third kappa shape index (κ3) is 3.04. The van der Waals surface area contributed by atoms with Gasteiger partial charge in [-0.3, -0.25) is 4.79 Å². The Balaban J connectivity index is 2.91. The van der Waals surface area contributed by atoms with Gasteiger partial charge in [0.05, 0.1) is 6.61 Å². The maximum absolute atomic E-state index is 11.2. The first kappa shape index (κ1) is 11.7. The summed E-state index contributed by atoms with van der Waals surface area (Å²) in [5.74, 6) is -0.118. The molecule has 0 spiro atoms. The number of aliphatic hydroxyl groups excluding tert-OH is 2. The fraction of sp³-hybridized carbons (Fsp3) is 0.364. The monoisotopic (exact) mass is 209 g/mol. The van der Waals surface area contributed by atoms with Crippen LogP contribution in [0.2, 0.25) is 0 Å². The van der Waals surface area contributed by atoms with E-state index in [0.717, 1.165) is 0 Å². The number of carbonyl (C=O) groups is 1. The molecule has 0 bridgehead atoms. The van der Waals surface area contributed by atoms with Gasteiger partial charge in [0.2, 0.25) is 5.91 Å². The second kappa shape index (κ2) is 5.48. The highest BCUT2D eigenvalue weighted by molar-refractivity contribution is 5.91. The molecule has 0 aliphatic carbocycles. The topological polar surface area (TPSA) is 69.6 Å². The highest BCUT2D eigenvalue weighted by Gasteiger charge is 2.11. The highest BCUT2D eigenvalue weighted by Crippen LogP contribution is 2.22. The average molecular weight is 209 g/mol. The van der Waals surface area contributed by atoms with Crippen molar-refractivity contribution in [2.45, 2.75) is 19.4 Å². The fourth-order valence-electron chi connectivity index (χ4n) is 1.24. The van der Waals surface area contributed by atoms with Gasteiger partial charge in [0.25, 0.3) is 0 Å². The van der Waals surface area contributed by atoms with E-state index in [2.05, 4.69) is 5.32 Å². The zero-order chi connectivity index (χ0) is 11.3. The van der Waals surface area contributed by atoms with Gasteiger partial charge in [0, 0.05) is 17.7 Å².